The van der Waals surface area contributed by atoms with Crippen LogP contribution in [0, 0.1) is 0 Å². The third-order valence-corrected chi connectivity index (χ3v) is 2.31. The molecule has 0 amide bonds. The average Bonchev–Trinajstić information content (AvgIpc) is 2.19. The van der Waals surface area contributed by atoms with E-state index in [4.69, 9.17) is 26.2 Å². The van der Waals surface area contributed by atoms with Gasteiger partial charge >= 0.3 is 0 Å². The van der Waals surface area contributed by atoms with Crippen LogP contribution in [-0.2, 0) is 6.42 Å². The second-order valence-electron chi connectivity index (χ2n) is 2.75. The van der Waals surface area contributed by atoms with Crippen LogP contribution in [0.25, 0.3) is 0 Å². The van der Waals surface area contributed by atoms with Crippen molar-refractivity contribution in [1.29, 1.82) is 0 Å². The first kappa shape index (κ1) is 11.1. The quantitative estimate of drug-likeness (QED) is 0.836. The van der Waals surface area contributed by atoms with Crippen LogP contribution in [-0.4, -0.2) is 25.9 Å². The molecule has 0 atom stereocenters. The fraction of sp³-hybridized carbons (Fsp3) is 0.400. The lowest BCUT2D eigenvalue weighted by molar-refractivity contribution is 0.296. The summed E-state index contributed by atoms with van der Waals surface area (Å²) in [5, 5.41) is 9.27. The summed E-state index contributed by atoms with van der Waals surface area (Å²) in [7, 11) is 3.09. The Morgan fingerprint density at radius 2 is 2.00 bits per heavy atom. The first-order valence-electron chi connectivity index (χ1n) is 4.24. The highest BCUT2D eigenvalue weighted by molar-refractivity contribution is 6.33. The van der Waals surface area contributed by atoms with Crippen molar-refractivity contribution in [1.82, 2.24) is 0 Å². The second-order valence-corrected chi connectivity index (χ2v) is 3.13. The van der Waals surface area contributed by atoms with Crippen molar-refractivity contribution in [3.05, 3.63) is 22.7 Å². The lowest BCUT2D eigenvalue weighted by atomic mass is 10.1. The molecule has 0 spiro atoms. The van der Waals surface area contributed by atoms with E-state index in [0.29, 0.717) is 22.9 Å². The normalized spacial score (nSPS) is 10.0. The number of halogens is 1. The van der Waals surface area contributed by atoms with Crippen molar-refractivity contribution < 1.29 is 14.6 Å². The number of hydrogen-bond acceptors (Lipinski definition) is 3. The van der Waals surface area contributed by atoms with Crippen LogP contribution in [0.4, 0.5) is 0 Å². The SMILES string of the molecule is COc1ccc(CCO)c(OC)c1Cl. The molecule has 0 heterocycles. The summed E-state index contributed by atoms with van der Waals surface area (Å²) in [6, 6.07) is 3.59. The third kappa shape index (κ3) is 2.11. The molecule has 4 heteroatoms. The fourth-order valence-corrected chi connectivity index (χ4v) is 1.61. The summed E-state index contributed by atoms with van der Waals surface area (Å²) in [6.45, 7) is 0.0685. The molecule has 0 aliphatic carbocycles. The highest BCUT2D eigenvalue weighted by Gasteiger charge is 2.12. The first-order valence-corrected chi connectivity index (χ1v) is 4.62. The van der Waals surface area contributed by atoms with Gasteiger partial charge in [0.2, 0.25) is 0 Å². The Labute approximate surface area is 88.2 Å². The van der Waals surface area contributed by atoms with Crippen molar-refractivity contribution in [3.63, 3.8) is 0 Å². The number of ether oxygens (including phenoxy) is 2. The molecular formula is C10H13ClO3. The van der Waals surface area contributed by atoms with E-state index in [9.17, 15) is 0 Å². The van der Waals surface area contributed by atoms with E-state index in [2.05, 4.69) is 0 Å². The van der Waals surface area contributed by atoms with Gasteiger partial charge in [0.25, 0.3) is 0 Å². The first-order chi connectivity index (χ1) is 6.74. The number of aliphatic hydroxyl groups excluding tert-OH is 1. The van der Waals surface area contributed by atoms with Gasteiger partial charge in [-0.2, -0.15) is 0 Å². The van der Waals surface area contributed by atoms with Crippen molar-refractivity contribution in [3.8, 4) is 11.5 Å². The van der Waals surface area contributed by atoms with Crippen LogP contribution < -0.4 is 9.47 Å². The monoisotopic (exact) mass is 216 g/mol. The number of rotatable bonds is 4. The molecule has 1 N–H and O–H groups in total. The molecule has 0 aliphatic rings. The molecule has 1 aromatic rings. The Morgan fingerprint density at radius 3 is 2.50 bits per heavy atom. The van der Waals surface area contributed by atoms with Crippen molar-refractivity contribution in [2.75, 3.05) is 20.8 Å². The standard InChI is InChI=1S/C10H13ClO3/c1-13-8-4-3-7(5-6-12)10(14-2)9(8)11/h3-4,12H,5-6H2,1-2H3. The summed E-state index contributed by atoms with van der Waals surface area (Å²) in [5.74, 6) is 1.14. The van der Waals surface area contributed by atoms with E-state index in [1.165, 1.54) is 0 Å². The highest BCUT2D eigenvalue weighted by atomic mass is 35.5. The lowest BCUT2D eigenvalue weighted by Crippen LogP contribution is -1.97. The molecular weight excluding hydrogens is 204 g/mol. The average molecular weight is 217 g/mol. The molecule has 0 fully saturated rings. The van der Waals surface area contributed by atoms with Crippen LogP contribution in [0.2, 0.25) is 5.02 Å². The molecule has 14 heavy (non-hydrogen) atoms. The van der Waals surface area contributed by atoms with Gasteiger partial charge in [-0.15, -0.1) is 0 Å². The van der Waals surface area contributed by atoms with Crippen molar-refractivity contribution >= 4 is 11.6 Å². The smallest absolute Gasteiger partial charge is 0.144 e. The number of benzene rings is 1. The summed E-state index contributed by atoms with van der Waals surface area (Å²) >= 11 is 6.02. The van der Waals surface area contributed by atoms with E-state index in [-0.39, 0.29) is 6.61 Å². The zero-order chi connectivity index (χ0) is 10.6. The maximum Gasteiger partial charge on any atom is 0.144 e. The summed E-state index contributed by atoms with van der Waals surface area (Å²) in [4.78, 5) is 0. The van der Waals surface area contributed by atoms with Crippen LogP contribution in [0.3, 0.4) is 0 Å². The van der Waals surface area contributed by atoms with Crippen molar-refractivity contribution in [2.24, 2.45) is 0 Å². The molecule has 0 saturated heterocycles. The Morgan fingerprint density at radius 1 is 1.29 bits per heavy atom. The predicted octanol–water partition coefficient (Wildman–Crippen LogP) is 1.89. The molecule has 3 nitrogen and oxygen atoms in total. The van der Waals surface area contributed by atoms with E-state index in [0.717, 1.165) is 5.56 Å². The van der Waals surface area contributed by atoms with E-state index < -0.39 is 0 Å². The summed E-state index contributed by atoms with van der Waals surface area (Å²) < 4.78 is 10.2. The molecule has 1 aromatic carbocycles. The van der Waals surface area contributed by atoms with Gasteiger partial charge in [-0.3, -0.25) is 0 Å². The Balaban J connectivity index is 3.14. The Kier molecular flexibility index (Phi) is 4.04. The minimum atomic E-state index is 0.0685. The van der Waals surface area contributed by atoms with Gasteiger partial charge < -0.3 is 14.6 Å². The molecule has 0 radical (unpaired) electrons. The van der Waals surface area contributed by atoms with Crippen LogP contribution in [0.1, 0.15) is 5.56 Å². The van der Waals surface area contributed by atoms with Gasteiger partial charge in [-0.1, -0.05) is 17.7 Å². The molecule has 78 valence electrons. The molecule has 0 aromatic heterocycles. The van der Waals surface area contributed by atoms with E-state index in [1.807, 2.05) is 6.07 Å². The summed E-state index contributed by atoms with van der Waals surface area (Å²) in [5.41, 5.74) is 0.876. The molecule has 0 unspecified atom stereocenters. The van der Waals surface area contributed by atoms with Gasteiger partial charge in [0.05, 0.1) is 14.2 Å². The van der Waals surface area contributed by atoms with Crippen LogP contribution in [0.15, 0.2) is 12.1 Å². The van der Waals surface area contributed by atoms with Gasteiger partial charge in [0, 0.05) is 6.61 Å². The third-order valence-electron chi connectivity index (χ3n) is 1.95. The van der Waals surface area contributed by atoms with Crippen LogP contribution >= 0.6 is 11.6 Å². The van der Waals surface area contributed by atoms with Crippen LogP contribution in [0.5, 0.6) is 11.5 Å². The van der Waals surface area contributed by atoms with E-state index in [1.54, 1.807) is 20.3 Å². The zero-order valence-corrected chi connectivity index (χ0v) is 8.97. The predicted molar refractivity (Wildman–Crippen MR) is 55.3 cm³/mol. The number of hydrogen-bond donors (Lipinski definition) is 1. The van der Waals surface area contributed by atoms with E-state index >= 15 is 0 Å². The van der Waals surface area contributed by atoms with Crippen molar-refractivity contribution in [2.45, 2.75) is 6.42 Å². The molecule has 0 saturated carbocycles. The number of methoxy groups -OCH3 is 2. The maximum atomic E-state index is 8.83. The Bertz CT molecular complexity index is 312. The largest absolute Gasteiger partial charge is 0.495 e. The maximum absolute atomic E-state index is 8.83. The van der Waals surface area contributed by atoms with Gasteiger partial charge in [0.1, 0.15) is 16.5 Å². The Hall–Kier alpha value is -0.930. The van der Waals surface area contributed by atoms with Gasteiger partial charge in [-0.25, -0.2) is 0 Å². The fourth-order valence-electron chi connectivity index (χ4n) is 1.27. The topological polar surface area (TPSA) is 38.7 Å². The zero-order valence-electron chi connectivity index (χ0n) is 8.21. The van der Waals surface area contributed by atoms with Gasteiger partial charge in [0.15, 0.2) is 0 Å². The minimum absolute atomic E-state index is 0.0685. The molecule has 0 aliphatic heterocycles. The summed E-state index contributed by atoms with van der Waals surface area (Å²) in [6.07, 6.45) is 0.521. The molecule has 0 bridgehead atoms. The minimum Gasteiger partial charge on any atom is -0.495 e. The second kappa shape index (κ2) is 5.08. The highest BCUT2D eigenvalue weighted by Crippen LogP contribution is 2.36. The van der Waals surface area contributed by atoms with Gasteiger partial charge in [-0.05, 0) is 18.1 Å². The molecule has 1 rings (SSSR count). The number of aliphatic hydroxyl groups is 1. The lowest BCUT2D eigenvalue weighted by Gasteiger charge is -2.12.